The Morgan fingerprint density at radius 2 is 1.68 bits per heavy atom. The van der Waals surface area contributed by atoms with Crippen molar-refractivity contribution in [2.24, 2.45) is 0 Å². The van der Waals surface area contributed by atoms with Gasteiger partial charge in [-0.3, -0.25) is 4.79 Å². The Bertz CT molecular complexity index is 772. The normalized spacial score (nSPS) is 14.4. The molecule has 2 aromatic rings. The van der Waals surface area contributed by atoms with Crippen molar-refractivity contribution in [1.29, 1.82) is 0 Å². The first-order chi connectivity index (χ1) is 11.9. The molecule has 0 aliphatic carbocycles. The average Bonchev–Trinajstić information content (AvgIpc) is 2.60. The molecule has 0 saturated heterocycles. The van der Waals surface area contributed by atoms with Crippen LogP contribution in [0.25, 0.3) is 0 Å². The average molecular weight is 343 g/mol. The maximum Gasteiger partial charge on any atom is 0.341 e. The van der Waals surface area contributed by atoms with Gasteiger partial charge in [-0.2, -0.15) is 0 Å². The number of ketones is 1. The van der Waals surface area contributed by atoms with E-state index in [2.05, 4.69) is 0 Å². The number of nitrogen functional groups attached to an aromatic ring is 1. The third kappa shape index (κ3) is 3.21. The van der Waals surface area contributed by atoms with Crippen LogP contribution in [0.2, 0.25) is 0 Å². The summed E-state index contributed by atoms with van der Waals surface area (Å²) in [6, 6.07) is 13.1. The molecule has 0 radical (unpaired) electrons. The summed E-state index contributed by atoms with van der Waals surface area (Å²) in [5.41, 5.74) is 5.05. The molecule has 0 aliphatic heterocycles. The fourth-order valence-corrected chi connectivity index (χ4v) is 3.10. The van der Waals surface area contributed by atoms with Gasteiger partial charge in [0.05, 0.1) is 13.0 Å². The van der Waals surface area contributed by atoms with E-state index in [0.717, 1.165) is 0 Å². The van der Waals surface area contributed by atoms with Gasteiger partial charge >= 0.3 is 5.97 Å². The number of methoxy groups -OCH3 is 2. The molecule has 0 aromatic heterocycles. The maximum atomic E-state index is 12.5. The first kappa shape index (κ1) is 18.5. The highest BCUT2D eigenvalue weighted by atomic mass is 16.5. The minimum absolute atomic E-state index is 0.268. The highest BCUT2D eigenvalue weighted by molar-refractivity contribution is 5.94. The number of benzene rings is 2. The zero-order valence-corrected chi connectivity index (χ0v) is 14.4. The van der Waals surface area contributed by atoms with Crippen LogP contribution in [0.4, 0.5) is 5.69 Å². The van der Waals surface area contributed by atoms with Crippen LogP contribution in [0.15, 0.2) is 48.5 Å². The topological polar surface area (TPSA) is 98.9 Å². The molecule has 6 nitrogen and oxygen atoms in total. The number of aliphatic carboxylic acids is 1. The summed E-state index contributed by atoms with van der Waals surface area (Å²) in [7, 11) is 2.71. The molecular formula is C19H21NO5. The number of nitrogens with two attached hydrogens (primary N) is 1. The Balaban J connectivity index is 2.79. The van der Waals surface area contributed by atoms with Gasteiger partial charge < -0.3 is 20.3 Å². The number of Topliss-reactive ketones (excluding diaryl/α,β-unsaturated/α-hetero) is 1. The summed E-state index contributed by atoms with van der Waals surface area (Å²) in [5, 5.41) is 10.1. The highest BCUT2D eigenvalue weighted by Crippen LogP contribution is 2.44. The van der Waals surface area contributed by atoms with Gasteiger partial charge in [-0.15, -0.1) is 0 Å². The number of rotatable bonds is 7. The predicted octanol–water partition coefficient (Wildman–Crippen LogP) is 2.58. The quantitative estimate of drug-likeness (QED) is 0.750. The smallest absolute Gasteiger partial charge is 0.341 e. The van der Waals surface area contributed by atoms with E-state index in [0.29, 0.717) is 17.0 Å². The standard InChI is InChI=1S/C19H21NO5/c1-12(21)17(13-8-10-14(20)11-9-13)19(25-3,18(22)23)15-6-4-5-7-16(15)24-2/h4-11,17H,20H2,1-3H3,(H,22,23)/t17?,19-/m1/s1. The van der Waals surface area contributed by atoms with Crippen LogP contribution in [0, 0.1) is 0 Å². The van der Waals surface area contributed by atoms with Crippen molar-refractivity contribution in [3.05, 3.63) is 59.7 Å². The third-order valence-electron chi connectivity index (χ3n) is 4.23. The van der Waals surface area contributed by atoms with E-state index in [1.807, 2.05) is 0 Å². The van der Waals surface area contributed by atoms with Gasteiger partial charge in [0.1, 0.15) is 11.5 Å². The Labute approximate surface area is 146 Å². The van der Waals surface area contributed by atoms with Crippen molar-refractivity contribution in [3.8, 4) is 5.75 Å². The summed E-state index contributed by atoms with van der Waals surface area (Å²) in [6.07, 6.45) is 0. The van der Waals surface area contributed by atoms with Gasteiger partial charge in [0.25, 0.3) is 0 Å². The van der Waals surface area contributed by atoms with Gasteiger partial charge in [-0.1, -0.05) is 30.3 Å². The van der Waals surface area contributed by atoms with Crippen LogP contribution in [0.3, 0.4) is 0 Å². The molecule has 0 aliphatic rings. The van der Waals surface area contributed by atoms with E-state index in [1.54, 1.807) is 48.5 Å². The van der Waals surface area contributed by atoms with Crippen molar-refractivity contribution in [2.45, 2.75) is 18.4 Å². The van der Waals surface area contributed by atoms with Crippen LogP contribution < -0.4 is 10.5 Å². The molecule has 0 heterocycles. The van der Waals surface area contributed by atoms with Crippen LogP contribution in [-0.4, -0.2) is 31.1 Å². The number of carboxylic acid groups (broad SMARTS) is 1. The summed E-state index contributed by atoms with van der Waals surface area (Å²) < 4.78 is 10.8. The van der Waals surface area contributed by atoms with Gasteiger partial charge in [0.2, 0.25) is 5.60 Å². The molecule has 25 heavy (non-hydrogen) atoms. The number of hydrogen-bond acceptors (Lipinski definition) is 5. The van der Waals surface area contributed by atoms with Crippen molar-refractivity contribution in [3.63, 3.8) is 0 Å². The lowest BCUT2D eigenvalue weighted by Crippen LogP contribution is -2.46. The van der Waals surface area contributed by atoms with E-state index in [4.69, 9.17) is 15.2 Å². The van der Waals surface area contributed by atoms with E-state index in [1.165, 1.54) is 21.1 Å². The summed E-state index contributed by atoms with van der Waals surface area (Å²) in [5.74, 6) is -2.38. The lowest BCUT2D eigenvalue weighted by Gasteiger charge is -2.36. The Morgan fingerprint density at radius 1 is 1.08 bits per heavy atom. The molecule has 6 heteroatoms. The molecule has 0 bridgehead atoms. The van der Waals surface area contributed by atoms with E-state index in [9.17, 15) is 14.7 Å². The molecule has 2 rings (SSSR count). The number of para-hydroxylation sites is 1. The molecule has 3 N–H and O–H groups in total. The Hall–Kier alpha value is -2.86. The second kappa shape index (κ2) is 7.36. The van der Waals surface area contributed by atoms with Gasteiger partial charge in [0, 0.05) is 18.4 Å². The first-order valence-electron chi connectivity index (χ1n) is 7.66. The van der Waals surface area contributed by atoms with Crippen LogP contribution in [0.1, 0.15) is 24.0 Å². The minimum Gasteiger partial charge on any atom is -0.496 e. The number of carbonyl (C=O) groups excluding carboxylic acids is 1. The fourth-order valence-electron chi connectivity index (χ4n) is 3.10. The molecule has 0 amide bonds. The zero-order valence-electron chi connectivity index (χ0n) is 14.4. The largest absolute Gasteiger partial charge is 0.496 e. The van der Waals surface area contributed by atoms with Crippen molar-refractivity contribution >= 4 is 17.4 Å². The number of hydrogen-bond donors (Lipinski definition) is 2. The maximum absolute atomic E-state index is 12.5. The number of anilines is 1. The minimum atomic E-state index is -1.94. The fraction of sp³-hybridized carbons (Fsp3) is 0.263. The van der Waals surface area contributed by atoms with Crippen molar-refractivity contribution < 1.29 is 24.2 Å². The second-order valence-electron chi connectivity index (χ2n) is 5.66. The monoisotopic (exact) mass is 343 g/mol. The second-order valence-corrected chi connectivity index (χ2v) is 5.66. The first-order valence-corrected chi connectivity index (χ1v) is 7.66. The Kier molecular flexibility index (Phi) is 5.44. The molecule has 2 aromatic carbocycles. The van der Waals surface area contributed by atoms with Crippen LogP contribution >= 0.6 is 0 Å². The van der Waals surface area contributed by atoms with E-state index in [-0.39, 0.29) is 11.3 Å². The lowest BCUT2D eigenvalue weighted by atomic mass is 9.74. The van der Waals surface area contributed by atoms with Gasteiger partial charge in [-0.25, -0.2) is 4.79 Å². The number of ether oxygens (including phenoxy) is 2. The molecule has 0 spiro atoms. The predicted molar refractivity (Wildman–Crippen MR) is 93.6 cm³/mol. The highest BCUT2D eigenvalue weighted by Gasteiger charge is 2.52. The molecule has 0 fully saturated rings. The molecular weight excluding hydrogens is 322 g/mol. The molecule has 1 unspecified atom stereocenters. The zero-order chi connectivity index (χ0) is 18.6. The Morgan fingerprint density at radius 3 is 2.16 bits per heavy atom. The summed E-state index contributed by atoms with van der Waals surface area (Å²) in [4.78, 5) is 24.8. The van der Waals surface area contributed by atoms with Crippen molar-refractivity contribution in [2.75, 3.05) is 20.0 Å². The van der Waals surface area contributed by atoms with E-state index >= 15 is 0 Å². The van der Waals surface area contributed by atoms with Gasteiger partial charge in [0.15, 0.2) is 0 Å². The van der Waals surface area contributed by atoms with Gasteiger partial charge in [-0.05, 0) is 30.7 Å². The SMILES string of the molecule is COc1ccccc1[C@](OC)(C(=O)O)C(C(C)=O)c1ccc(N)cc1. The molecule has 2 atom stereocenters. The molecule has 0 saturated carbocycles. The van der Waals surface area contributed by atoms with Crippen molar-refractivity contribution in [1.82, 2.24) is 0 Å². The third-order valence-corrected chi connectivity index (χ3v) is 4.23. The lowest BCUT2D eigenvalue weighted by molar-refractivity contribution is -0.170. The van der Waals surface area contributed by atoms with E-state index < -0.39 is 17.5 Å². The summed E-state index contributed by atoms with van der Waals surface area (Å²) >= 11 is 0. The van der Waals surface area contributed by atoms with Crippen LogP contribution in [-0.2, 0) is 19.9 Å². The van der Waals surface area contributed by atoms with Crippen LogP contribution in [0.5, 0.6) is 5.75 Å². The number of carboxylic acids is 1. The summed E-state index contributed by atoms with van der Waals surface area (Å²) in [6.45, 7) is 1.34. The molecule has 132 valence electrons. The number of carbonyl (C=O) groups is 2.